The first-order valence-electron chi connectivity index (χ1n) is 4.68. The van der Waals surface area contributed by atoms with Crippen molar-refractivity contribution in [2.75, 3.05) is 13.2 Å². The lowest BCUT2D eigenvalue weighted by molar-refractivity contribution is -0.380. The van der Waals surface area contributed by atoms with Crippen LogP contribution in [0.3, 0.4) is 0 Å². The Hall–Kier alpha value is -0.980. The summed E-state index contributed by atoms with van der Waals surface area (Å²) in [5.74, 6) is 0.208. The fourth-order valence-corrected chi connectivity index (χ4v) is 1.86. The molecule has 6 heteroatoms. The van der Waals surface area contributed by atoms with Gasteiger partial charge in [-0.05, 0) is 12.0 Å². The third-order valence-corrected chi connectivity index (χ3v) is 2.97. The zero-order valence-corrected chi connectivity index (χ0v) is 9.29. The first kappa shape index (κ1) is 12.1. The van der Waals surface area contributed by atoms with Crippen LogP contribution in [0.2, 0.25) is 0 Å². The Balaban J connectivity index is 2.35. The quantitative estimate of drug-likeness (QED) is 0.571. The Kier molecular flexibility index (Phi) is 4.67. The number of hydrogen-bond acceptors (Lipinski definition) is 5. The van der Waals surface area contributed by atoms with E-state index < -0.39 is 0 Å². The molecule has 0 saturated heterocycles. The summed E-state index contributed by atoms with van der Waals surface area (Å²) in [5.41, 5.74) is 0. The van der Waals surface area contributed by atoms with Gasteiger partial charge in [0.05, 0.1) is 4.92 Å². The molecule has 1 atom stereocenters. The largest absolute Gasteiger partial charge is 0.396 e. The summed E-state index contributed by atoms with van der Waals surface area (Å²) < 4.78 is 0. The van der Waals surface area contributed by atoms with Gasteiger partial charge in [-0.2, -0.15) is 0 Å². The van der Waals surface area contributed by atoms with Crippen molar-refractivity contribution in [2.45, 2.75) is 13.5 Å². The van der Waals surface area contributed by atoms with Crippen LogP contribution in [0, 0.1) is 16.0 Å². The topological polar surface area (TPSA) is 75.4 Å². The summed E-state index contributed by atoms with van der Waals surface area (Å²) >= 11 is 1.18. The molecule has 15 heavy (non-hydrogen) atoms. The fraction of sp³-hybridized carbons (Fsp3) is 0.556. The van der Waals surface area contributed by atoms with Gasteiger partial charge in [-0.3, -0.25) is 10.1 Å². The number of aliphatic hydroxyl groups is 1. The highest BCUT2D eigenvalue weighted by atomic mass is 32.1. The molecule has 1 aromatic heterocycles. The molecule has 0 aliphatic rings. The van der Waals surface area contributed by atoms with Gasteiger partial charge in [-0.1, -0.05) is 18.3 Å². The summed E-state index contributed by atoms with van der Waals surface area (Å²) in [7, 11) is 0. The molecule has 0 radical (unpaired) electrons. The molecule has 1 heterocycles. The van der Waals surface area contributed by atoms with Crippen LogP contribution in [0.15, 0.2) is 12.1 Å². The maximum Gasteiger partial charge on any atom is 0.324 e. The van der Waals surface area contributed by atoms with Crippen LogP contribution in [0.1, 0.15) is 11.8 Å². The third kappa shape index (κ3) is 3.94. The van der Waals surface area contributed by atoms with Gasteiger partial charge in [0.2, 0.25) is 0 Å². The van der Waals surface area contributed by atoms with Crippen LogP contribution in [0.4, 0.5) is 5.00 Å². The Morgan fingerprint density at radius 2 is 2.40 bits per heavy atom. The van der Waals surface area contributed by atoms with Crippen LogP contribution in [0.25, 0.3) is 0 Å². The molecule has 2 N–H and O–H groups in total. The predicted molar refractivity (Wildman–Crippen MR) is 58.9 cm³/mol. The van der Waals surface area contributed by atoms with E-state index in [4.69, 9.17) is 5.11 Å². The van der Waals surface area contributed by atoms with Gasteiger partial charge in [-0.25, -0.2) is 0 Å². The van der Waals surface area contributed by atoms with E-state index in [0.29, 0.717) is 13.1 Å². The average Bonchev–Trinajstić information content (AvgIpc) is 2.66. The summed E-state index contributed by atoms with van der Waals surface area (Å²) in [6, 6.07) is 3.26. The molecule has 0 bridgehead atoms. The Morgan fingerprint density at radius 1 is 1.67 bits per heavy atom. The second-order valence-corrected chi connectivity index (χ2v) is 4.56. The monoisotopic (exact) mass is 230 g/mol. The molecule has 1 aromatic rings. The van der Waals surface area contributed by atoms with E-state index in [0.717, 1.165) is 4.88 Å². The summed E-state index contributed by atoms with van der Waals surface area (Å²) in [4.78, 5) is 11.0. The minimum Gasteiger partial charge on any atom is -0.396 e. The maximum atomic E-state index is 10.4. The molecule has 0 spiro atoms. The Bertz CT molecular complexity index is 327. The van der Waals surface area contributed by atoms with Gasteiger partial charge < -0.3 is 10.4 Å². The van der Waals surface area contributed by atoms with Gasteiger partial charge in [0, 0.05) is 30.6 Å². The van der Waals surface area contributed by atoms with Gasteiger partial charge in [0.15, 0.2) is 0 Å². The standard InChI is InChI=1S/C9H14N2O3S/c1-7(6-12)4-10-5-8-2-3-9(15-8)11(13)14/h2-3,7,10,12H,4-6H2,1H3. The predicted octanol–water partition coefficient (Wildman–Crippen LogP) is 1.37. The van der Waals surface area contributed by atoms with Crippen molar-refractivity contribution in [3.8, 4) is 0 Å². The summed E-state index contributed by atoms with van der Waals surface area (Å²) in [6.07, 6.45) is 0. The first-order valence-corrected chi connectivity index (χ1v) is 5.49. The zero-order chi connectivity index (χ0) is 11.3. The Morgan fingerprint density at radius 3 is 2.93 bits per heavy atom. The van der Waals surface area contributed by atoms with Crippen molar-refractivity contribution in [2.24, 2.45) is 5.92 Å². The SMILES string of the molecule is CC(CO)CNCc1ccc([N+](=O)[O-])s1. The molecule has 1 unspecified atom stereocenters. The van der Waals surface area contributed by atoms with Crippen LogP contribution in [0.5, 0.6) is 0 Å². The molecular weight excluding hydrogens is 216 g/mol. The lowest BCUT2D eigenvalue weighted by Gasteiger charge is -2.07. The second-order valence-electron chi connectivity index (χ2n) is 3.42. The van der Waals surface area contributed by atoms with Crippen molar-refractivity contribution in [1.29, 1.82) is 0 Å². The number of thiophene rings is 1. The average molecular weight is 230 g/mol. The number of aliphatic hydroxyl groups excluding tert-OH is 1. The lowest BCUT2D eigenvalue weighted by Crippen LogP contribution is -2.22. The van der Waals surface area contributed by atoms with E-state index in [1.165, 1.54) is 17.4 Å². The van der Waals surface area contributed by atoms with E-state index in [9.17, 15) is 10.1 Å². The number of nitro groups is 1. The van der Waals surface area contributed by atoms with E-state index in [2.05, 4.69) is 5.32 Å². The number of nitrogens with one attached hydrogen (secondary N) is 1. The molecule has 0 amide bonds. The lowest BCUT2D eigenvalue weighted by atomic mass is 10.2. The summed E-state index contributed by atoms with van der Waals surface area (Å²) in [6.45, 7) is 3.41. The van der Waals surface area contributed by atoms with E-state index in [-0.39, 0.29) is 22.4 Å². The first-order chi connectivity index (χ1) is 7.13. The molecule has 0 aromatic carbocycles. The van der Waals surface area contributed by atoms with E-state index in [1.54, 1.807) is 6.07 Å². The molecule has 1 rings (SSSR count). The van der Waals surface area contributed by atoms with Crippen molar-refractivity contribution in [1.82, 2.24) is 5.32 Å². The molecule has 0 aliphatic carbocycles. The number of rotatable bonds is 6. The third-order valence-electron chi connectivity index (χ3n) is 1.93. The second kappa shape index (κ2) is 5.79. The number of nitrogens with zero attached hydrogens (tertiary/aromatic N) is 1. The van der Waals surface area contributed by atoms with Gasteiger partial charge in [-0.15, -0.1) is 0 Å². The van der Waals surface area contributed by atoms with Crippen molar-refractivity contribution < 1.29 is 10.0 Å². The van der Waals surface area contributed by atoms with Crippen LogP contribution in [-0.4, -0.2) is 23.2 Å². The van der Waals surface area contributed by atoms with Crippen LogP contribution >= 0.6 is 11.3 Å². The Labute approximate surface area is 91.9 Å². The van der Waals surface area contributed by atoms with Crippen molar-refractivity contribution in [3.63, 3.8) is 0 Å². The van der Waals surface area contributed by atoms with E-state index >= 15 is 0 Å². The molecule has 0 aliphatic heterocycles. The zero-order valence-electron chi connectivity index (χ0n) is 8.47. The van der Waals surface area contributed by atoms with Crippen LogP contribution in [-0.2, 0) is 6.54 Å². The molecule has 5 nitrogen and oxygen atoms in total. The minimum absolute atomic E-state index is 0.150. The highest BCUT2D eigenvalue weighted by molar-refractivity contribution is 7.15. The maximum absolute atomic E-state index is 10.4. The van der Waals surface area contributed by atoms with Gasteiger partial charge in [0.25, 0.3) is 0 Å². The van der Waals surface area contributed by atoms with E-state index in [1.807, 2.05) is 6.92 Å². The fourth-order valence-electron chi connectivity index (χ4n) is 1.07. The van der Waals surface area contributed by atoms with Crippen molar-refractivity contribution >= 4 is 16.3 Å². The molecule has 0 fully saturated rings. The van der Waals surface area contributed by atoms with Gasteiger partial charge in [0.1, 0.15) is 0 Å². The number of hydrogen-bond donors (Lipinski definition) is 2. The van der Waals surface area contributed by atoms with Gasteiger partial charge >= 0.3 is 5.00 Å². The highest BCUT2D eigenvalue weighted by Crippen LogP contribution is 2.23. The molecular formula is C9H14N2O3S. The molecule has 0 saturated carbocycles. The molecule has 84 valence electrons. The normalized spacial score (nSPS) is 12.7. The van der Waals surface area contributed by atoms with Crippen molar-refractivity contribution in [3.05, 3.63) is 27.1 Å². The highest BCUT2D eigenvalue weighted by Gasteiger charge is 2.09. The minimum atomic E-state index is -0.384. The van der Waals surface area contributed by atoms with Crippen LogP contribution < -0.4 is 5.32 Å². The summed E-state index contributed by atoms with van der Waals surface area (Å²) in [5, 5.41) is 22.5. The smallest absolute Gasteiger partial charge is 0.324 e.